The first-order chi connectivity index (χ1) is 10.2. The summed E-state index contributed by atoms with van der Waals surface area (Å²) in [5.41, 5.74) is 3.55. The lowest BCUT2D eigenvalue weighted by Crippen LogP contribution is -2.39. The van der Waals surface area contributed by atoms with Crippen molar-refractivity contribution in [2.24, 2.45) is 5.92 Å². The Morgan fingerprint density at radius 2 is 2.33 bits per heavy atom. The summed E-state index contributed by atoms with van der Waals surface area (Å²) in [6.07, 6.45) is 1.73. The maximum atomic E-state index is 12.5. The minimum atomic E-state index is 0.0420. The van der Waals surface area contributed by atoms with Crippen molar-refractivity contribution in [1.29, 1.82) is 0 Å². The number of nitrogens with zero attached hydrogens (tertiary/aromatic N) is 1. The van der Waals surface area contributed by atoms with Crippen LogP contribution in [0.4, 0.5) is 0 Å². The van der Waals surface area contributed by atoms with Crippen LogP contribution in [0.15, 0.2) is 18.2 Å². The molecule has 0 radical (unpaired) electrons. The van der Waals surface area contributed by atoms with E-state index in [0.29, 0.717) is 19.8 Å². The fraction of sp³-hybridized carbons (Fsp3) is 0.438. The molecule has 4 nitrogen and oxygen atoms in total. The summed E-state index contributed by atoms with van der Waals surface area (Å²) < 4.78 is 5.34. The number of H-pyrrole nitrogens is 1. The number of amides is 1. The van der Waals surface area contributed by atoms with Gasteiger partial charge in [0.05, 0.1) is 12.5 Å². The number of nitrogens with one attached hydrogen (secondary N) is 1. The highest BCUT2D eigenvalue weighted by Gasteiger charge is 2.31. The molecule has 1 saturated heterocycles. The topological polar surface area (TPSA) is 45.3 Å². The summed E-state index contributed by atoms with van der Waals surface area (Å²) in [5.74, 6) is 0.273. The second-order valence-electron chi connectivity index (χ2n) is 5.84. The first-order valence-corrected chi connectivity index (χ1v) is 7.75. The molecular weight excluding hydrogens is 288 g/mol. The smallest absolute Gasteiger partial charge is 0.228 e. The third kappa shape index (κ3) is 2.23. The molecule has 1 atom stereocenters. The molecule has 2 aliphatic heterocycles. The van der Waals surface area contributed by atoms with E-state index in [1.54, 1.807) is 0 Å². The van der Waals surface area contributed by atoms with Gasteiger partial charge in [0.1, 0.15) is 0 Å². The zero-order valence-corrected chi connectivity index (χ0v) is 12.4. The van der Waals surface area contributed by atoms with Crippen LogP contribution in [0.25, 0.3) is 10.9 Å². The number of aromatic amines is 1. The highest BCUT2D eigenvalue weighted by molar-refractivity contribution is 6.31. The molecule has 1 unspecified atom stereocenters. The van der Waals surface area contributed by atoms with Crippen molar-refractivity contribution in [3.8, 4) is 0 Å². The fourth-order valence-corrected chi connectivity index (χ4v) is 3.53. The van der Waals surface area contributed by atoms with E-state index in [-0.39, 0.29) is 11.8 Å². The van der Waals surface area contributed by atoms with Crippen molar-refractivity contribution in [3.05, 3.63) is 34.5 Å². The van der Waals surface area contributed by atoms with Crippen LogP contribution in [0.5, 0.6) is 0 Å². The Hall–Kier alpha value is -1.52. The zero-order valence-electron chi connectivity index (χ0n) is 11.7. The van der Waals surface area contributed by atoms with E-state index >= 15 is 0 Å². The highest BCUT2D eigenvalue weighted by atomic mass is 35.5. The van der Waals surface area contributed by atoms with Gasteiger partial charge in [-0.05, 0) is 24.6 Å². The van der Waals surface area contributed by atoms with Gasteiger partial charge < -0.3 is 14.6 Å². The molecule has 110 valence electrons. The number of rotatable bonds is 1. The van der Waals surface area contributed by atoms with Crippen molar-refractivity contribution in [3.63, 3.8) is 0 Å². The summed E-state index contributed by atoms with van der Waals surface area (Å²) in [5, 5.41) is 1.87. The molecule has 1 fully saturated rings. The number of benzene rings is 1. The number of carbonyl (C=O) groups excluding carboxylic acids is 1. The Balaban J connectivity index is 1.65. The standard InChI is InChI=1S/C16H17ClN2O2/c17-11-1-2-14-12(7-11)13-8-19(5-3-15(13)18-14)16(20)10-4-6-21-9-10/h1-2,7,10,18H,3-6,8-9H2. The van der Waals surface area contributed by atoms with Gasteiger partial charge in [-0.15, -0.1) is 0 Å². The monoisotopic (exact) mass is 304 g/mol. The average Bonchev–Trinajstić information content (AvgIpc) is 3.13. The van der Waals surface area contributed by atoms with E-state index < -0.39 is 0 Å². The zero-order chi connectivity index (χ0) is 14.4. The summed E-state index contributed by atoms with van der Waals surface area (Å²) in [6.45, 7) is 2.73. The van der Waals surface area contributed by atoms with E-state index in [4.69, 9.17) is 16.3 Å². The van der Waals surface area contributed by atoms with Gasteiger partial charge in [0.15, 0.2) is 0 Å². The van der Waals surface area contributed by atoms with Crippen LogP contribution in [0.2, 0.25) is 5.02 Å². The normalized spacial score (nSPS) is 21.8. The van der Waals surface area contributed by atoms with Gasteiger partial charge in [-0.25, -0.2) is 0 Å². The quantitative estimate of drug-likeness (QED) is 0.880. The molecule has 5 heteroatoms. The van der Waals surface area contributed by atoms with Crippen molar-refractivity contribution in [1.82, 2.24) is 9.88 Å². The first-order valence-electron chi connectivity index (χ1n) is 7.38. The average molecular weight is 305 g/mol. The van der Waals surface area contributed by atoms with Crippen molar-refractivity contribution in [2.45, 2.75) is 19.4 Å². The number of carbonyl (C=O) groups is 1. The number of halogens is 1. The maximum Gasteiger partial charge on any atom is 0.228 e. The molecule has 1 aromatic carbocycles. The lowest BCUT2D eigenvalue weighted by Gasteiger charge is -2.29. The molecule has 0 aliphatic carbocycles. The molecule has 1 N–H and O–H groups in total. The Bertz CT molecular complexity index is 704. The van der Waals surface area contributed by atoms with Gasteiger partial charge in [-0.2, -0.15) is 0 Å². The Morgan fingerprint density at radius 1 is 1.43 bits per heavy atom. The molecule has 3 heterocycles. The molecule has 2 aliphatic rings. The van der Waals surface area contributed by atoms with Crippen LogP contribution < -0.4 is 0 Å². The SMILES string of the molecule is O=C(C1CCOC1)N1CCc2[nH]c3ccc(Cl)cc3c2C1. The molecule has 2 aromatic rings. The van der Waals surface area contributed by atoms with Gasteiger partial charge in [0, 0.05) is 53.3 Å². The van der Waals surface area contributed by atoms with Crippen molar-refractivity contribution >= 4 is 28.4 Å². The van der Waals surface area contributed by atoms with E-state index in [1.807, 2.05) is 23.1 Å². The molecule has 4 rings (SSSR count). The van der Waals surface area contributed by atoms with Gasteiger partial charge in [-0.3, -0.25) is 4.79 Å². The number of fused-ring (bicyclic) bond motifs is 3. The second kappa shape index (κ2) is 5.04. The summed E-state index contributed by atoms with van der Waals surface area (Å²) in [6, 6.07) is 5.89. The molecule has 1 aromatic heterocycles. The summed E-state index contributed by atoms with van der Waals surface area (Å²) in [4.78, 5) is 18.0. The Labute approximate surface area is 128 Å². The molecule has 0 saturated carbocycles. The Kier molecular flexibility index (Phi) is 3.16. The van der Waals surface area contributed by atoms with Gasteiger partial charge >= 0.3 is 0 Å². The van der Waals surface area contributed by atoms with Crippen LogP contribution in [0, 0.1) is 5.92 Å². The predicted octanol–water partition coefficient (Wildman–Crippen LogP) is 2.74. The van der Waals surface area contributed by atoms with Crippen LogP contribution >= 0.6 is 11.6 Å². The summed E-state index contributed by atoms with van der Waals surface area (Å²) in [7, 11) is 0. The van der Waals surface area contributed by atoms with Gasteiger partial charge in [-0.1, -0.05) is 11.6 Å². The van der Waals surface area contributed by atoms with Crippen LogP contribution in [-0.2, 0) is 22.5 Å². The Morgan fingerprint density at radius 3 is 3.14 bits per heavy atom. The van der Waals surface area contributed by atoms with E-state index in [1.165, 1.54) is 11.3 Å². The molecule has 0 spiro atoms. The predicted molar refractivity (Wildman–Crippen MR) is 81.4 cm³/mol. The molecule has 21 heavy (non-hydrogen) atoms. The minimum absolute atomic E-state index is 0.0420. The lowest BCUT2D eigenvalue weighted by molar-refractivity contribution is -0.136. The fourth-order valence-electron chi connectivity index (χ4n) is 3.36. The van der Waals surface area contributed by atoms with Crippen LogP contribution in [0.3, 0.4) is 0 Å². The third-order valence-corrected chi connectivity index (χ3v) is 4.76. The van der Waals surface area contributed by atoms with Crippen LogP contribution in [0.1, 0.15) is 17.7 Å². The highest BCUT2D eigenvalue weighted by Crippen LogP contribution is 2.30. The van der Waals surface area contributed by atoms with Gasteiger partial charge in [0.25, 0.3) is 0 Å². The third-order valence-electron chi connectivity index (χ3n) is 4.53. The number of hydrogen-bond donors (Lipinski definition) is 1. The number of aromatic nitrogens is 1. The van der Waals surface area contributed by atoms with E-state index in [2.05, 4.69) is 4.98 Å². The second-order valence-corrected chi connectivity index (χ2v) is 6.28. The minimum Gasteiger partial charge on any atom is -0.381 e. The lowest BCUT2D eigenvalue weighted by atomic mass is 10.0. The largest absolute Gasteiger partial charge is 0.381 e. The van der Waals surface area contributed by atoms with Crippen molar-refractivity contribution < 1.29 is 9.53 Å². The van der Waals surface area contributed by atoms with Gasteiger partial charge in [0.2, 0.25) is 5.91 Å². The molecular formula is C16H17ClN2O2. The molecule has 0 bridgehead atoms. The van der Waals surface area contributed by atoms with Crippen LogP contribution in [-0.4, -0.2) is 35.5 Å². The maximum absolute atomic E-state index is 12.5. The van der Waals surface area contributed by atoms with E-state index in [0.717, 1.165) is 35.3 Å². The first kappa shape index (κ1) is 13.2. The number of hydrogen-bond acceptors (Lipinski definition) is 2. The van der Waals surface area contributed by atoms with E-state index in [9.17, 15) is 4.79 Å². The summed E-state index contributed by atoms with van der Waals surface area (Å²) >= 11 is 6.11. The number of ether oxygens (including phenoxy) is 1. The van der Waals surface area contributed by atoms with Crippen molar-refractivity contribution in [2.75, 3.05) is 19.8 Å². The molecule has 1 amide bonds.